The second-order valence-corrected chi connectivity index (χ2v) is 11.1. The van der Waals surface area contributed by atoms with E-state index in [4.69, 9.17) is 0 Å². The molecule has 184 valence electrons. The van der Waals surface area contributed by atoms with Crippen LogP contribution in [0.25, 0.3) is 11.6 Å². The van der Waals surface area contributed by atoms with Gasteiger partial charge in [-0.3, -0.25) is 10.1 Å². The molecule has 0 fully saturated rings. The van der Waals surface area contributed by atoms with Crippen LogP contribution in [-0.2, 0) is 17.3 Å². The van der Waals surface area contributed by atoms with Crippen LogP contribution in [0.15, 0.2) is 36.4 Å². The van der Waals surface area contributed by atoms with Crippen LogP contribution in [0.2, 0.25) is 0 Å². The van der Waals surface area contributed by atoms with Gasteiger partial charge in [-0.25, -0.2) is 0 Å². The van der Waals surface area contributed by atoms with Gasteiger partial charge in [0, 0.05) is 5.56 Å². The Hall–Kier alpha value is -3.28. The maximum atomic E-state index is 12.4. The second-order valence-electron chi connectivity index (χ2n) is 11.1. The van der Waals surface area contributed by atoms with E-state index in [9.17, 15) is 4.79 Å². The van der Waals surface area contributed by atoms with Gasteiger partial charge in [-0.2, -0.15) is 5.21 Å². The molecule has 0 radical (unpaired) electrons. The van der Waals surface area contributed by atoms with Crippen LogP contribution < -0.4 is 5.32 Å². The summed E-state index contributed by atoms with van der Waals surface area (Å²) < 4.78 is 0. The first-order chi connectivity index (χ1) is 16.6. The average Bonchev–Trinajstić information content (AvgIpc) is 3.37. The van der Waals surface area contributed by atoms with Gasteiger partial charge in [-0.15, -0.1) is 5.10 Å². The van der Waals surface area contributed by atoms with Gasteiger partial charge in [0.05, 0.1) is 0 Å². The zero-order valence-corrected chi connectivity index (χ0v) is 21.8. The van der Waals surface area contributed by atoms with Crippen LogP contribution in [0.5, 0.6) is 0 Å². The van der Waals surface area contributed by atoms with Crippen LogP contribution in [0, 0.1) is 0 Å². The highest BCUT2D eigenvalue weighted by Gasteiger charge is 2.42. The van der Waals surface area contributed by atoms with E-state index in [2.05, 4.69) is 85.7 Å². The fourth-order valence-corrected chi connectivity index (χ4v) is 5.65. The third-order valence-corrected chi connectivity index (χ3v) is 7.19. The molecule has 1 amide bonds. The molecule has 0 saturated carbocycles. The van der Waals surface area contributed by atoms with Crippen molar-refractivity contribution in [3.63, 3.8) is 0 Å². The number of aryl methyl sites for hydroxylation is 1. The molecule has 0 spiro atoms. The number of nitrogens with zero attached hydrogens (tertiary/aromatic N) is 3. The topological polar surface area (TPSA) is 83.6 Å². The minimum absolute atomic E-state index is 0.160. The predicted molar refractivity (Wildman–Crippen MR) is 142 cm³/mol. The third-order valence-electron chi connectivity index (χ3n) is 7.19. The summed E-state index contributed by atoms with van der Waals surface area (Å²) >= 11 is 0. The van der Waals surface area contributed by atoms with Crippen molar-refractivity contribution in [2.24, 2.45) is 0 Å². The number of carbonyl (C=O) groups is 1. The number of anilines is 1. The van der Waals surface area contributed by atoms with Gasteiger partial charge < -0.3 is 0 Å². The lowest BCUT2D eigenvalue weighted by molar-refractivity contribution is 0.102. The van der Waals surface area contributed by atoms with Crippen molar-refractivity contribution in [2.75, 3.05) is 5.32 Å². The molecule has 3 aromatic rings. The van der Waals surface area contributed by atoms with Gasteiger partial charge in [-0.05, 0) is 87.8 Å². The number of benzene rings is 2. The van der Waals surface area contributed by atoms with Crippen LogP contribution in [0.4, 0.5) is 5.95 Å². The molecule has 1 aliphatic carbocycles. The van der Waals surface area contributed by atoms with Gasteiger partial charge in [0.1, 0.15) is 0 Å². The number of hydrogen-bond donors (Lipinski definition) is 2. The Bertz CT molecular complexity index is 1220. The Morgan fingerprint density at radius 3 is 2.37 bits per heavy atom. The van der Waals surface area contributed by atoms with Gasteiger partial charge in [0.25, 0.3) is 11.9 Å². The summed E-state index contributed by atoms with van der Waals surface area (Å²) in [6.45, 7) is 14.0. The quantitative estimate of drug-likeness (QED) is 0.283. The molecule has 2 N–H and O–H groups in total. The molecule has 0 bridgehead atoms. The summed E-state index contributed by atoms with van der Waals surface area (Å²) in [6, 6.07) is 12.6. The molecule has 6 nitrogen and oxygen atoms in total. The van der Waals surface area contributed by atoms with E-state index in [0.29, 0.717) is 5.56 Å². The molecule has 1 aliphatic rings. The van der Waals surface area contributed by atoms with E-state index in [0.717, 1.165) is 12.0 Å². The first-order valence-corrected chi connectivity index (χ1v) is 12.6. The standard InChI is InChI=1S/C29H37N5O/c1-7-8-9-10-22-16-24-25(29(5,6)18-28(24,3)4)17-23(22)19(2)15-20-11-13-21(14-12-20)26(35)30-27-31-33-34-32-27/h11-17H,7-10,18H2,1-6H3,(H2,30,31,32,33,34,35). The van der Waals surface area contributed by atoms with Crippen molar-refractivity contribution in [1.29, 1.82) is 0 Å². The molecular weight excluding hydrogens is 434 g/mol. The monoisotopic (exact) mass is 471 g/mol. The molecule has 0 saturated heterocycles. The smallest absolute Gasteiger partial charge is 0.270 e. The molecular formula is C29H37N5O. The van der Waals surface area contributed by atoms with Gasteiger partial charge in [0.2, 0.25) is 0 Å². The highest BCUT2D eigenvalue weighted by atomic mass is 16.1. The normalized spacial score (nSPS) is 16.2. The minimum atomic E-state index is -0.264. The van der Waals surface area contributed by atoms with E-state index in [1.54, 1.807) is 0 Å². The zero-order chi connectivity index (χ0) is 25.2. The summed E-state index contributed by atoms with van der Waals surface area (Å²) in [6.07, 6.45) is 8.18. The molecule has 0 aliphatic heterocycles. The fourth-order valence-electron chi connectivity index (χ4n) is 5.65. The Morgan fingerprint density at radius 2 is 1.74 bits per heavy atom. The maximum Gasteiger partial charge on any atom is 0.270 e. The molecule has 4 rings (SSSR count). The number of carbonyl (C=O) groups excluding carboxylic acids is 1. The second kappa shape index (κ2) is 9.76. The predicted octanol–water partition coefficient (Wildman–Crippen LogP) is 6.70. The Balaban J connectivity index is 1.64. The van der Waals surface area contributed by atoms with Crippen molar-refractivity contribution in [2.45, 2.75) is 84.5 Å². The Morgan fingerprint density at radius 1 is 1.06 bits per heavy atom. The Labute approximate surface area is 208 Å². The lowest BCUT2D eigenvalue weighted by Crippen LogP contribution is -2.18. The number of H-pyrrole nitrogens is 1. The number of tetrazole rings is 1. The average molecular weight is 472 g/mol. The third kappa shape index (κ3) is 5.37. The lowest BCUT2D eigenvalue weighted by Gasteiger charge is -2.22. The van der Waals surface area contributed by atoms with E-state index >= 15 is 0 Å². The molecule has 0 unspecified atom stereocenters. The highest BCUT2D eigenvalue weighted by molar-refractivity contribution is 6.03. The number of amides is 1. The molecule has 1 aromatic heterocycles. The zero-order valence-electron chi connectivity index (χ0n) is 21.8. The lowest BCUT2D eigenvalue weighted by atomic mass is 9.82. The first-order valence-electron chi connectivity index (χ1n) is 12.6. The molecule has 6 heteroatoms. The number of hydrogen-bond acceptors (Lipinski definition) is 4. The number of aromatic nitrogens is 4. The van der Waals surface area contributed by atoms with Crippen molar-refractivity contribution in [3.05, 3.63) is 69.8 Å². The number of unbranched alkanes of at least 4 members (excludes halogenated alkanes) is 2. The van der Waals surface area contributed by atoms with E-state index in [1.165, 1.54) is 53.5 Å². The first kappa shape index (κ1) is 24.8. The number of aromatic amines is 1. The van der Waals surface area contributed by atoms with Crippen molar-refractivity contribution >= 4 is 23.5 Å². The fraction of sp³-hybridized carbons (Fsp3) is 0.448. The number of fused-ring (bicyclic) bond motifs is 1. The number of nitrogens with one attached hydrogen (secondary N) is 2. The molecule has 0 atom stereocenters. The van der Waals surface area contributed by atoms with Gasteiger partial charge in [0.15, 0.2) is 0 Å². The summed E-state index contributed by atoms with van der Waals surface area (Å²) in [5.41, 5.74) is 9.04. The summed E-state index contributed by atoms with van der Waals surface area (Å²) in [5, 5.41) is 15.9. The van der Waals surface area contributed by atoms with Crippen molar-refractivity contribution < 1.29 is 4.79 Å². The van der Waals surface area contributed by atoms with Crippen molar-refractivity contribution in [1.82, 2.24) is 20.6 Å². The largest absolute Gasteiger partial charge is 0.288 e. The summed E-state index contributed by atoms with van der Waals surface area (Å²) in [4.78, 5) is 12.4. The Kier molecular flexibility index (Phi) is 6.93. The van der Waals surface area contributed by atoms with E-state index < -0.39 is 0 Å². The van der Waals surface area contributed by atoms with Crippen molar-refractivity contribution in [3.8, 4) is 0 Å². The van der Waals surface area contributed by atoms with Crippen LogP contribution >= 0.6 is 0 Å². The van der Waals surface area contributed by atoms with Gasteiger partial charge >= 0.3 is 0 Å². The molecule has 1 heterocycles. The van der Waals surface area contributed by atoms with Crippen LogP contribution in [0.3, 0.4) is 0 Å². The number of rotatable bonds is 8. The van der Waals surface area contributed by atoms with Gasteiger partial charge in [-0.1, -0.05) is 82.9 Å². The molecule has 35 heavy (non-hydrogen) atoms. The minimum Gasteiger partial charge on any atom is -0.288 e. The highest BCUT2D eigenvalue weighted by Crippen LogP contribution is 2.50. The summed E-state index contributed by atoms with van der Waals surface area (Å²) in [7, 11) is 0. The van der Waals surface area contributed by atoms with E-state index in [-0.39, 0.29) is 22.7 Å². The SMILES string of the molecule is CCCCCc1cc2c(cc1C(C)=Cc1ccc(C(=O)Nc3nn[nH]n3)cc1)C(C)(C)CC2(C)C. The molecule has 2 aromatic carbocycles. The maximum absolute atomic E-state index is 12.4. The van der Waals surface area contributed by atoms with Crippen LogP contribution in [0.1, 0.15) is 105 Å². The van der Waals surface area contributed by atoms with Crippen LogP contribution in [-0.4, -0.2) is 26.5 Å². The van der Waals surface area contributed by atoms with E-state index in [1.807, 2.05) is 24.3 Å². The number of allylic oxidation sites excluding steroid dienone is 1. The summed E-state index contributed by atoms with van der Waals surface area (Å²) in [5.74, 6) is -0.103.